The van der Waals surface area contributed by atoms with Gasteiger partial charge in [-0.1, -0.05) is 18.2 Å². The van der Waals surface area contributed by atoms with Crippen LogP contribution >= 0.6 is 11.3 Å². The molecule has 0 aliphatic rings. The first-order chi connectivity index (χ1) is 17.5. The molecule has 4 aromatic rings. The highest BCUT2D eigenvalue weighted by Gasteiger charge is 2.30. The van der Waals surface area contributed by atoms with Gasteiger partial charge in [0.2, 0.25) is 0 Å². The van der Waals surface area contributed by atoms with Crippen LogP contribution in [0.15, 0.2) is 46.9 Å². The lowest BCUT2D eigenvalue weighted by molar-refractivity contribution is 0.00743. The smallest absolute Gasteiger partial charge is 0.349 e. The summed E-state index contributed by atoms with van der Waals surface area (Å²) in [6.45, 7) is 10.6. The molecule has 0 bridgehead atoms. The molecule has 1 amide bonds. The number of carbonyl (C=O) groups excluding carboxylic acids is 3. The number of anilines is 1. The summed E-state index contributed by atoms with van der Waals surface area (Å²) >= 11 is 0.980. The van der Waals surface area contributed by atoms with Crippen LogP contribution in [0.1, 0.15) is 69.4 Å². The average molecular weight is 521 g/mol. The molecule has 1 N–H and O–H groups in total. The first-order valence-electron chi connectivity index (χ1n) is 11.8. The number of aromatic nitrogens is 1. The van der Waals surface area contributed by atoms with E-state index in [0.29, 0.717) is 33.5 Å². The van der Waals surface area contributed by atoms with Gasteiger partial charge in [0.15, 0.2) is 5.76 Å². The van der Waals surface area contributed by atoms with E-state index < -0.39 is 23.4 Å². The van der Waals surface area contributed by atoms with Crippen LogP contribution in [0, 0.1) is 13.8 Å². The lowest BCUT2D eigenvalue weighted by Crippen LogP contribution is -2.23. The van der Waals surface area contributed by atoms with Gasteiger partial charge in [0.25, 0.3) is 5.91 Å². The summed E-state index contributed by atoms with van der Waals surface area (Å²) < 4.78 is 16.5. The highest BCUT2D eigenvalue weighted by Crippen LogP contribution is 2.36. The molecule has 0 radical (unpaired) electrons. The van der Waals surface area contributed by atoms with Crippen molar-refractivity contribution in [1.29, 1.82) is 0 Å². The standard InChI is InChI=1S/C28H28N2O6S/c1-7-34-26(32)22-16(3)23(27(33)36-28(4,5)6)37-25(22)30-24(31)18-14-20(21-13-12-15(2)35-21)29-19-11-9-8-10-17(18)19/h8-14H,7H2,1-6H3,(H,30,31). The molecule has 1 aromatic carbocycles. The van der Waals surface area contributed by atoms with Gasteiger partial charge in [-0.05, 0) is 71.4 Å². The third-order valence-corrected chi connectivity index (χ3v) is 6.58. The molecule has 4 rings (SSSR count). The zero-order chi connectivity index (χ0) is 26.9. The number of thiophene rings is 1. The summed E-state index contributed by atoms with van der Waals surface area (Å²) in [7, 11) is 0. The number of ether oxygens (including phenoxy) is 2. The minimum Gasteiger partial charge on any atom is -0.462 e. The number of nitrogens with one attached hydrogen (secondary N) is 1. The molecule has 9 heteroatoms. The monoisotopic (exact) mass is 520 g/mol. The van der Waals surface area contributed by atoms with Crippen LogP contribution < -0.4 is 5.32 Å². The Hall–Kier alpha value is -3.98. The largest absolute Gasteiger partial charge is 0.462 e. The Morgan fingerprint density at radius 1 is 1.05 bits per heavy atom. The second-order valence-corrected chi connectivity index (χ2v) is 10.4. The summed E-state index contributed by atoms with van der Waals surface area (Å²) in [6, 6.07) is 12.5. The summed E-state index contributed by atoms with van der Waals surface area (Å²) in [5.74, 6) is -0.424. The summed E-state index contributed by atoms with van der Waals surface area (Å²) in [6.07, 6.45) is 0. The quantitative estimate of drug-likeness (QED) is 0.287. The van der Waals surface area contributed by atoms with Crippen molar-refractivity contribution in [2.24, 2.45) is 0 Å². The first kappa shape index (κ1) is 26.1. The third kappa shape index (κ3) is 5.56. The number of hydrogen-bond acceptors (Lipinski definition) is 8. The second-order valence-electron chi connectivity index (χ2n) is 9.42. The number of rotatable bonds is 6. The van der Waals surface area contributed by atoms with E-state index in [4.69, 9.17) is 13.9 Å². The third-order valence-electron chi connectivity index (χ3n) is 5.39. The van der Waals surface area contributed by atoms with E-state index in [1.807, 2.05) is 31.2 Å². The van der Waals surface area contributed by atoms with Gasteiger partial charge in [-0.3, -0.25) is 4.79 Å². The van der Waals surface area contributed by atoms with Crippen molar-refractivity contribution < 1.29 is 28.3 Å². The Morgan fingerprint density at radius 2 is 1.78 bits per heavy atom. The number of aryl methyl sites for hydroxylation is 1. The minimum absolute atomic E-state index is 0.126. The fourth-order valence-corrected chi connectivity index (χ4v) is 4.87. The van der Waals surface area contributed by atoms with Crippen LogP contribution in [-0.2, 0) is 9.47 Å². The number of furan rings is 1. The average Bonchev–Trinajstić information content (AvgIpc) is 3.40. The SMILES string of the molecule is CCOC(=O)c1c(NC(=O)c2cc(-c3ccc(C)o3)nc3ccccc23)sc(C(=O)OC(C)(C)C)c1C. The molecule has 0 aliphatic carbocycles. The lowest BCUT2D eigenvalue weighted by atomic mass is 10.1. The van der Waals surface area contributed by atoms with E-state index in [1.54, 1.807) is 52.8 Å². The van der Waals surface area contributed by atoms with Crippen molar-refractivity contribution in [3.05, 3.63) is 69.8 Å². The highest BCUT2D eigenvalue weighted by molar-refractivity contribution is 7.18. The number of esters is 2. The molecule has 0 aliphatic heterocycles. The molecule has 8 nitrogen and oxygen atoms in total. The lowest BCUT2D eigenvalue weighted by Gasteiger charge is -2.19. The van der Waals surface area contributed by atoms with Gasteiger partial charge in [-0.2, -0.15) is 0 Å². The maximum atomic E-state index is 13.6. The zero-order valence-electron chi connectivity index (χ0n) is 21.6. The van der Waals surface area contributed by atoms with Crippen molar-refractivity contribution in [3.8, 4) is 11.5 Å². The van der Waals surface area contributed by atoms with E-state index in [-0.39, 0.29) is 22.0 Å². The summed E-state index contributed by atoms with van der Waals surface area (Å²) in [4.78, 5) is 44.2. The number of fused-ring (bicyclic) bond motifs is 1. The zero-order valence-corrected chi connectivity index (χ0v) is 22.4. The van der Waals surface area contributed by atoms with Crippen molar-refractivity contribution in [1.82, 2.24) is 4.98 Å². The van der Waals surface area contributed by atoms with Crippen LogP contribution in [0.3, 0.4) is 0 Å². The molecular formula is C28H28N2O6S. The molecular weight excluding hydrogens is 492 g/mol. The first-order valence-corrected chi connectivity index (χ1v) is 12.6. The van der Waals surface area contributed by atoms with E-state index >= 15 is 0 Å². The topological polar surface area (TPSA) is 108 Å². The van der Waals surface area contributed by atoms with E-state index in [1.165, 1.54) is 0 Å². The van der Waals surface area contributed by atoms with Gasteiger partial charge in [-0.25, -0.2) is 14.6 Å². The number of benzene rings is 1. The van der Waals surface area contributed by atoms with Gasteiger partial charge in [0.05, 0.1) is 23.3 Å². The number of nitrogens with zero attached hydrogens (tertiary/aromatic N) is 1. The highest BCUT2D eigenvalue weighted by atomic mass is 32.1. The molecule has 0 atom stereocenters. The molecule has 3 heterocycles. The maximum absolute atomic E-state index is 13.6. The Labute approximate surface area is 218 Å². The minimum atomic E-state index is -0.725. The fraction of sp³-hybridized carbons (Fsp3) is 0.286. The van der Waals surface area contributed by atoms with Crippen molar-refractivity contribution in [2.45, 2.75) is 47.1 Å². The Bertz CT molecular complexity index is 1510. The molecule has 0 fully saturated rings. The second kappa shape index (κ2) is 10.2. The molecule has 0 saturated carbocycles. The van der Waals surface area contributed by atoms with Crippen LogP contribution in [0.4, 0.5) is 5.00 Å². The van der Waals surface area contributed by atoms with Crippen LogP contribution in [0.2, 0.25) is 0 Å². The Balaban J connectivity index is 1.79. The van der Waals surface area contributed by atoms with Gasteiger partial charge < -0.3 is 19.2 Å². The molecule has 3 aromatic heterocycles. The van der Waals surface area contributed by atoms with Crippen molar-refractivity contribution >= 4 is 45.1 Å². The molecule has 0 unspecified atom stereocenters. The molecule has 37 heavy (non-hydrogen) atoms. The van der Waals surface area contributed by atoms with Crippen LogP contribution in [0.25, 0.3) is 22.4 Å². The number of pyridine rings is 1. The van der Waals surface area contributed by atoms with Crippen LogP contribution in [-0.4, -0.2) is 35.0 Å². The van der Waals surface area contributed by atoms with Gasteiger partial charge in [0.1, 0.15) is 26.9 Å². The molecule has 192 valence electrons. The maximum Gasteiger partial charge on any atom is 0.349 e. The van der Waals surface area contributed by atoms with Crippen molar-refractivity contribution in [3.63, 3.8) is 0 Å². The predicted molar refractivity (Wildman–Crippen MR) is 142 cm³/mol. The molecule has 0 saturated heterocycles. The number of carbonyl (C=O) groups is 3. The Kier molecular flexibility index (Phi) is 7.18. The normalized spacial score (nSPS) is 11.4. The fourth-order valence-electron chi connectivity index (χ4n) is 3.80. The van der Waals surface area contributed by atoms with E-state index in [0.717, 1.165) is 17.1 Å². The number of para-hydroxylation sites is 1. The summed E-state index contributed by atoms with van der Waals surface area (Å²) in [5.41, 5.74) is 1.24. The molecule has 0 spiro atoms. The number of hydrogen-bond donors (Lipinski definition) is 1. The summed E-state index contributed by atoms with van der Waals surface area (Å²) in [5, 5.41) is 3.67. The van der Waals surface area contributed by atoms with E-state index in [2.05, 4.69) is 10.3 Å². The van der Waals surface area contributed by atoms with Gasteiger partial charge >= 0.3 is 11.9 Å². The van der Waals surface area contributed by atoms with Gasteiger partial charge in [-0.15, -0.1) is 11.3 Å². The van der Waals surface area contributed by atoms with Gasteiger partial charge in [0, 0.05) is 5.39 Å². The predicted octanol–water partition coefficient (Wildman–Crippen LogP) is 6.56. The number of amides is 1. The Morgan fingerprint density at radius 3 is 2.43 bits per heavy atom. The van der Waals surface area contributed by atoms with E-state index in [9.17, 15) is 14.4 Å². The van der Waals surface area contributed by atoms with Crippen LogP contribution in [0.5, 0.6) is 0 Å². The van der Waals surface area contributed by atoms with Crippen molar-refractivity contribution in [2.75, 3.05) is 11.9 Å².